The van der Waals surface area contributed by atoms with E-state index in [1.54, 1.807) is 31.4 Å². The van der Waals surface area contributed by atoms with E-state index in [0.717, 1.165) is 36.4 Å². The lowest BCUT2D eigenvalue weighted by Gasteiger charge is -2.07. The Kier molecular flexibility index (Phi) is 5.54. The minimum atomic E-state index is -3.61. The fourth-order valence-corrected chi connectivity index (χ4v) is 2.76. The summed E-state index contributed by atoms with van der Waals surface area (Å²) in [6.45, 7) is 1.76. The molecule has 2 aromatic rings. The monoisotopic (exact) mass is 321 g/mol. The number of sulfonamides is 1. The molecule has 0 radical (unpaired) electrons. The fourth-order valence-electron chi connectivity index (χ4n) is 2.24. The Bertz CT molecular complexity index is 712. The topological polar surface area (TPSA) is 86.0 Å². The first-order chi connectivity index (χ1) is 10.5. The number of nitrogens with two attached hydrogens (primary N) is 2. The van der Waals surface area contributed by atoms with Crippen molar-refractivity contribution in [3.8, 4) is 5.75 Å². The van der Waals surface area contributed by atoms with Crippen LogP contribution in [0.4, 0.5) is 0 Å². The van der Waals surface area contributed by atoms with E-state index in [1.807, 2.05) is 18.2 Å². The Hall–Kier alpha value is -1.89. The van der Waals surface area contributed by atoms with Gasteiger partial charge in [0.25, 0.3) is 0 Å². The molecule has 0 aliphatic heterocycles. The number of quaternary nitrogens is 1. The molecule has 0 aliphatic carbocycles. The predicted octanol–water partition coefficient (Wildman–Crippen LogP) is 0.649. The third-order valence-corrected chi connectivity index (χ3v) is 4.38. The van der Waals surface area contributed by atoms with E-state index in [0.29, 0.717) is 0 Å². The maximum absolute atomic E-state index is 11.2. The third kappa shape index (κ3) is 4.56. The van der Waals surface area contributed by atoms with Crippen LogP contribution in [0, 0.1) is 0 Å². The van der Waals surface area contributed by atoms with Crippen molar-refractivity contribution in [1.29, 1.82) is 0 Å². The van der Waals surface area contributed by atoms with Crippen LogP contribution in [-0.4, -0.2) is 22.1 Å². The maximum atomic E-state index is 11.2. The Morgan fingerprint density at radius 1 is 1.09 bits per heavy atom. The van der Waals surface area contributed by atoms with Crippen molar-refractivity contribution < 1.29 is 18.5 Å². The SMILES string of the molecule is COc1ccccc1C[NH2+]CCc1ccc(S(N)(=O)=O)cc1. The van der Waals surface area contributed by atoms with Gasteiger partial charge in [-0.3, -0.25) is 0 Å². The quantitative estimate of drug-likeness (QED) is 0.734. The van der Waals surface area contributed by atoms with Gasteiger partial charge in [-0.05, 0) is 29.8 Å². The second-order valence-electron chi connectivity index (χ2n) is 5.03. The number of hydrogen-bond acceptors (Lipinski definition) is 3. The zero-order chi connectivity index (χ0) is 16.0. The van der Waals surface area contributed by atoms with Gasteiger partial charge in [-0.25, -0.2) is 13.6 Å². The van der Waals surface area contributed by atoms with E-state index in [2.05, 4.69) is 11.4 Å². The van der Waals surface area contributed by atoms with Crippen LogP contribution in [0.2, 0.25) is 0 Å². The van der Waals surface area contributed by atoms with E-state index < -0.39 is 10.0 Å². The highest BCUT2D eigenvalue weighted by molar-refractivity contribution is 7.89. The van der Waals surface area contributed by atoms with Gasteiger partial charge < -0.3 is 10.1 Å². The number of rotatable bonds is 7. The molecule has 0 aromatic heterocycles. The molecule has 0 saturated carbocycles. The van der Waals surface area contributed by atoms with Crippen LogP contribution >= 0.6 is 0 Å². The zero-order valence-corrected chi connectivity index (χ0v) is 13.3. The van der Waals surface area contributed by atoms with Crippen molar-refractivity contribution in [1.82, 2.24) is 0 Å². The fraction of sp³-hybridized carbons (Fsp3) is 0.250. The molecule has 4 N–H and O–H groups in total. The second-order valence-corrected chi connectivity index (χ2v) is 6.59. The molecule has 0 fully saturated rings. The largest absolute Gasteiger partial charge is 0.496 e. The molecule has 0 saturated heterocycles. The molecule has 2 aromatic carbocycles. The van der Waals surface area contributed by atoms with Gasteiger partial charge in [0.2, 0.25) is 10.0 Å². The summed E-state index contributed by atoms with van der Waals surface area (Å²) >= 11 is 0. The predicted molar refractivity (Wildman–Crippen MR) is 85.0 cm³/mol. The molecule has 0 atom stereocenters. The summed E-state index contributed by atoms with van der Waals surface area (Å²) in [5.41, 5.74) is 2.25. The van der Waals surface area contributed by atoms with Gasteiger partial charge in [-0.2, -0.15) is 0 Å². The van der Waals surface area contributed by atoms with Crippen molar-refractivity contribution in [2.24, 2.45) is 5.14 Å². The van der Waals surface area contributed by atoms with E-state index >= 15 is 0 Å². The van der Waals surface area contributed by atoms with Crippen LogP contribution in [-0.2, 0) is 23.0 Å². The highest BCUT2D eigenvalue weighted by Crippen LogP contribution is 2.15. The van der Waals surface area contributed by atoms with Crippen LogP contribution in [0.15, 0.2) is 53.4 Å². The average Bonchev–Trinajstić information content (AvgIpc) is 2.51. The van der Waals surface area contributed by atoms with E-state index in [9.17, 15) is 8.42 Å². The number of para-hydroxylation sites is 1. The lowest BCUT2D eigenvalue weighted by Crippen LogP contribution is -2.83. The van der Waals surface area contributed by atoms with Crippen LogP contribution in [0.3, 0.4) is 0 Å². The summed E-state index contributed by atoms with van der Waals surface area (Å²) in [4.78, 5) is 0.147. The van der Waals surface area contributed by atoms with Crippen molar-refractivity contribution in [3.63, 3.8) is 0 Å². The van der Waals surface area contributed by atoms with E-state index in [-0.39, 0.29) is 4.90 Å². The number of primary sulfonamides is 1. The molecule has 6 heteroatoms. The van der Waals surface area contributed by atoms with Crippen LogP contribution in [0.25, 0.3) is 0 Å². The molecular weight excluding hydrogens is 300 g/mol. The number of ether oxygens (including phenoxy) is 1. The Balaban J connectivity index is 1.84. The summed E-state index contributed by atoms with van der Waals surface area (Å²) in [6.07, 6.45) is 0.861. The summed E-state index contributed by atoms with van der Waals surface area (Å²) in [5.74, 6) is 0.899. The molecule has 0 spiro atoms. The highest BCUT2D eigenvalue weighted by Gasteiger charge is 2.07. The molecule has 5 nitrogen and oxygen atoms in total. The van der Waals surface area contributed by atoms with Gasteiger partial charge in [-0.15, -0.1) is 0 Å². The first kappa shape index (κ1) is 16.5. The Labute approximate surface area is 131 Å². The molecule has 0 heterocycles. The molecule has 0 aliphatic rings. The van der Waals surface area contributed by atoms with Crippen LogP contribution in [0.5, 0.6) is 5.75 Å². The van der Waals surface area contributed by atoms with Crippen LogP contribution in [0.1, 0.15) is 11.1 Å². The highest BCUT2D eigenvalue weighted by atomic mass is 32.2. The van der Waals surface area contributed by atoms with Gasteiger partial charge in [0.15, 0.2) is 0 Å². The van der Waals surface area contributed by atoms with Crippen molar-refractivity contribution in [2.45, 2.75) is 17.9 Å². The van der Waals surface area contributed by atoms with Crippen molar-refractivity contribution in [2.75, 3.05) is 13.7 Å². The molecule has 0 unspecified atom stereocenters. The molecular formula is C16H21N2O3S+. The maximum Gasteiger partial charge on any atom is 0.238 e. The molecule has 118 valence electrons. The molecule has 22 heavy (non-hydrogen) atoms. The van der Waals surface area contributed by atoms with Gasteiger partial charge in [0.05, 0.1) is 18.6 Å². The lowest BCUT2D eigenvalue weighted by atomic mass is 10.1. The van der Waals surface area contributed by atoms with E-state index in [1.165, 1.54) is 0 Å². The van der Waals surface area contributed by atoms with Gasteiger partial charge in [0.1, 0.15) is 12.3 Å². The lowest BCUT2D eigenvalue weighted by molar-refractivity contribution is -0.670. The third-order valence-electron chi connectivity index (χ3n) is 3.45. The minimum absolute atomic E-state index is 0.147. The minimum Gasteiger partial charge on any atom is -0.496 e. The number of methoxy groups -OCH3 is 1. The second kappa shape index (κ2) is 7.40. The molecule has 0 amide bonds. The summed E-state index contributed by atoms with van der Waals surface area (Å²) < 4.78 is 27.7. The van der Waals surface area contributed by atoms with Gasteiger partial charge in [-0.1, -0.05) is 24.3 Å². The first-order valence-corrected chi connectivity index (χ1v) is 8.60. The number of benzene rings is 2. The van der Waals surface area contributed by atoms with Gasteiger partial charge in [0, 0.05) is 12.0 Å². The molecule has 2 rings (SSSR count). The normalized spacial score (nSPS) is 11.4. The van der Waals surface area contributed by atoms with Crippen molar-refractivity contribution in [3.05, 3.63) is 59.7 Å². The van der Waals surface area contributed by atoms with Crippen molar-refractivity contribution >= 4 is 10.0 Å². The zero-order valence-electron chi connectivity index (χ0n) is 12.5. The Morgan fingerprint density at radius 2 is 1.77 bits per heavy atom. The summed E-state index contributed by atoms with van der Waals surface area (Å²) in [6, 6.07) is 14.7. The average molecular weight is 321 g/mol. The van der Waals surface area contributed by atoms with Gasteiger partial charge >= 0.3 is 0 Å². The molecule has 0 bridgehead atoms. The number of hydrogen-bond donors (Lipinski definition) is 2. The summed E-state index contributed by atoms with van der Waals surface area (Å²) in [7, 11) is -1.94. The Morgan fingerprint density at radius 3 is 2.41 bits per heavy atom. The van der Waals surface area contributed by atoms with Crippen LogP contribution < -0.4 is 15.2 Å². The first-order valence-electron chi connectivity index (χ1n) is 7.06. The standard InChI is InChI=1S/C16H20N2O3S/c1-21-16-5-3-2-4-14(16)12-18-11-10-13-6-8-15(9-7-13)22(17,19)20/h2-9,18H,10-12H2,1H3,(H2,17,19,20)/p+1. The smallest absolute Gasteiger partial charge is 0.238 e. The van der Waals surface area contributed by atoms with E-state index in [4.69, 9.17) is 9.88 Å². The summed E-state index contributed by atoms with van der Waals surface area (Å²) in [5, 5.41) is 7.27.